The van der Waals surface area contributed by atoms with Crippen LogP contribution in [0.3, 0.4) is 0 Å². The van der Waals surface area contributed by atoms with Gasteiger partial charge in [-0.05, 0) is 25.2 Å². The Bertz CT molecular complexity index is 857. The molecular formula is C51H98O6. The summed E-state index contributed by atoms with van der Waals surface area (Å²) in [4.78, 5) is 37.8. The quantitative estimate of drug-likeness (QED) is 0.0346. The lowest BCUT2D eigenvalue weighted by atomic mass is 10.0. The largest absolute Gasteiger partial charge is 0.462 e. The molecule has 0 spiro atoms. The number of ether oxygens (including phenoxy) is 3. The highest BCUT2D eigenvalue weighted by Crippen LogP contribution is 2.17. The number of hydrogen-bond acceptors (Lipinski definition) is 6. The van der Waals surface area contributed by atoms with Gasteiger partial charge in [0.25, 0.3) is 0 Å². The molecule has 0 amide bonds. The van der Waals surface area contributed by atoms with Gasteiger partial charge in [0.15, 0.2) is 6.10 Å². The summed E-state index contributed by atoms with van der Waals surface area (Å²) >= 11 is 0. The second kappa shape index (κ2) is 45.5. The Labute approximate surface area is 355 Å². The first-order valence-electron chi connectivity index (χ1n) is 25.4. The maximum absolute atomic E-state index is 12.7. The lowest BCUT2D eigenvalue weighted by molar-refractivity contribution is -0.167. The van der Waals surface area contributed by atoms with E-state index < -0.39 is 6.10 Å². The van der Waals surface area contributed by atoms with E-state index in [1.54, 1.807) is 0 Å². The average Bonchev–Trinajstić information content (AvgIpc) is 3.19. The van der Waals surface area contributed by atoms with Crippen molar-refractivity contribution < 1.29 is 28.6 Å². The summed E-state index contributed by atoms with van der Waals surface area (Å²) in [6.07, 6.45) is 46.6. The van der Waals surface area contributed by atoms with Crippen LogP contribution in [0.25, 0.3) is 0 Å². The third kappa shape index (κ3) is 45.3. The van der Waals surface area contributed by atoms with Crippen LogP contribution in [0.2, 0.25) is 0 Å². The van der Waals surface area contributed by atoms with Crippen molar-refractivity contribution in [3.8, 4) is 0 Å². The summed E-state index contributed by atoms with van der Waals surface area (Å²) in [5, 5.41) is 0. The van der Waals surface area contributed by atoms with E-state index in [0.717, 1.165) is 63.7 Å². The van der Waals surface area contributed by atoms with Gasteiger partial charge in [0.05, 0.1) is 0 Å². The molecule has 0 radical (unpaired) electrons. The lowest BCUT2D eigenvalue weighted by Crippen LogP contribution is -2.30. The van der Waals surface area contributed by atoms with Gasteiger partial charge >= 0.3 is 17.9 Å². The first-order chi connectivity index (χ1) is 27.9. The summed E-state index contributed by atoms with van der Waals surface area (Å²) in [5.74, 6) is -0.0556. The summed E-state index contributed by atoms with van der Waals surface area (Å²) in [6.45, 7) is 8.98. The molecule has 0 aromatic heterocycles. The van der Waals surface area contributed by atoms with Crippen LogP contribution in [0.15, 0.2) is 0 Å². The number of esters is 3. The Kier molecular flexibility index (Phi) is 44.2. The Hall–Kier alpha value is -1.59. The van der Waals surface area contributed by atoms with Gasteiger partial charge in [0.1, 0.15) is 13.2 Å². The van der Waals surface area contributed by atoms with Crippen LogP contribution in [0.4, 0.5) is 0 Å². The minimum atomic E-state index is -0.760. The van der Waals surface area contributed by atoms with Crippen LogP contribution >= 0.6 is 0 Å². The lowest BCUT2D eigenvalue weighted by Gasteiger charge is -2.18. The van der Waals surface area contributed by atoms with Gasteiger partial charge in [-0.25, -0.2) is 0 Å². The number of carbonyl (C=O) groups is 3. The van der Waals surface area contributed by atoms with Crippen molar-refractivity contribution in [3.05, 3.63) is 0 Å². The highest BCUT2D eigenvalue weighted by Gasteiger charge is 2.19. The molecule has 0 rings (SSSR count). The first kappa shape index (κ1) is 55.4. The van der Waals surface area contributed by atoms with Gasteiger partial charge in [-0.2, -0.15) is 0 Å². The Balaban J connectivity index is 4.26. The van der Waals surface area contributed by atoms with Crippen LogP contribution in [0.1, 0.15) is 285 Å². The van der Waals surface area contributed by atoms with Crippen molar-refractivity contribution in [1.82, 2.24) is 0 Å². The van der Waals surface area contributed by atoms with Crippen LogP contribution in [0.5, 0.6) is 0 Å². The molecule has 0 fully saturated rings. The second-order valence-electron chi connectivity index (χ2n) is 17.9. The molecule has 6 heteroatoms. The molecule has 0 heterocycles. The van der Waals surface area contributed by atoms with Crippen molar-refractivity contribution >= 4 is 17.9 Å². The molecule has 0 saturated heterocycles. The molecule has 338 valence electrons. The number of unbranched alkanes of at least 4 members (excludes halogenated alkanes) is 33. The van der Waals surface area contributed by atoms with Crippen LogP contribution in [-0.4, -0.2) is 37.2 Å². The molecular weight excluding hydrogens is 709 g/mol. The van der Waals surface area contributed by atoms with Crippen molar-refractivity contribution in [2.45, 2.75) is 291 Å². The third-order valence-corrected chi connectivity index (χ3v) is 11.5. The smallest absolute Gasteiger partial charge is 0.306 e. The van der Waals surface area contributed by atoms with E-state index in [2.05, 4.69) is 27.7 Å². The molecule has 0 aliphatic heterocycles. The highest BCUT2D eigenvalue weighted by molar-refractivity contribution is 5.71. The van der Waals surface area contributed by atoms with Gasteiger partial charge in [0.2, 0.25) is 0 Å². The zero-order valence-corrected chi connectivity index (χ0v) is 38.8. The Morgan fingerprint density at radius 3 is 0.860 bits per heavy atom. The Morgan fingerprint density at radius 1 is 0.333 bits per heavy atom. The fraction of sp³-hybridized carbons (Fsp3) is 0.941. The van der Waals surface area contributed by atoms with E-state index in [1.807, 2.05) is 0 Å². The molecule has 6 nitrogen and oxygen atoms in total. The molecule has 0 bridgehead atoms. The molecule has 0 aromatic rings. The minimum Gasteiger partial charge on any atom is -0.462 e. The number of rotatable bonds is 46. The normalized spacial score (nSPS) is 11.9. The third-order valence-electron chi connectivity index (χ3n) is 11.5. The zero-order chi connectivity index (χ0) is 41.7. The maximum atomic E-state index is 12.7. The first-order valence-corrected chi connectivity index (χ1v) is 25.4. The average molecular weight is 807 g/mol. The fourth-order valence-electron chi connectivity index (χ4n) is 7.69. The standard InChI is InChI=1S/C51H98O6/c1-5-7-9-11-13-15-17-18-19-20-21-22-24-26-31-35-39-43-50(53)56-46-48(57-51(54)44-40-36-32-28-27-29-33-37-41-47(3)4)45-55-49(52)42-38-34-30-25-23-16-14-12-10-8-6-2/h47-48H,5-46H2,1-4H3/t48-/m1/s1. The minimum absolute atomic E-state index is 0.0634. The van der Waals surface area contributed by atoms with Crippen molar-refractivity contribution in [2.24, 2.45) is 5.92 Å². The van der Waals surface area contributed by atoms with Crippen molar-refractivity contribution in [3.63, 3.8) is 0 Å². The topological polar surface area (TPSA) is 78.9 Å². The fourth-order valence-corrected chi connectivity index (χ4v) is 7.69. The summed E-state index contributed by atoms with van der Waals surface area (Å²) in [5.41, 5.74) is 0. The van der Waals surface area contributed by atoms with E-state index in [4.69, 9.17) is 14.2 Å². The molecule has 57 heavy (non-hydrogen) atoms. The summed E-state index contributed by atoms with van der Waals surface area (Å²) < 4.78 is 16.8. The monoisotopic (exact) mass is 807 g/mol. The summed E-state index contributed by atoms with van der Waals surface area (Å²) in [6, 6.07) is 0. The SMILES string of the molecule is CCCCCCCCCCCCCCCCCCCC(=O)OC[C@@H](COC(=O)CCCCCCCCCCCCC)OC(=O)CCCCCCCCCCC(C)C. The van der Waals surface area contributed by atoms with Crippen LogP contribution in [-0.2, 0) is 28.6 Å². The van der Waals surface area contributed by atoms with Gasteiger partial charge in [-0.15, -0.1) is 0 Å². The van der Waals surface area contributed by atoms with Crippen LogP contribution in [0, 0.1) is 5.92 Å². The van der Waals surface area contributed by atoms with Crippen molar-refractivity contribution in [2.75, 3.05) is 13.2 Å². The van der Waals surface area contributed by atoms with Crippen LogP contribution < -0.4 is 0 Å². The molecule has 0 aromatic carbocycles. The zero-order valence-electron chi connectivity index (χ0n) is 38.8. The van der Waals surface area contributed by atoms with E-state index in [1.165, 1.54) is 180 Å². The van der Waals surface area contributed by atoms with E-state index in [9.17, 15) is 14.4 Å². The van der Waals surface area contributed by atoms with Gasteiger partial charge in [-0.3, -0.25) is 14.4 Å². The molecule has 0 aliphatic rings. The van der Waals surface area contributed by atoms with E-state index in [-0.39, 0.29) is 31.1 Å². The predicted octanol–water partition coefficient (Wildman–Crippen LogP) is 16.3. The van der Waals surface area contributed by atoms with Gasteiger partial charge in [-0.1, -0.05) is 246 Å². The second-order valence-corrected chi connectivity index (χ2v) is 17.9. The Morgan fingerprint density at radius 2 is 0.579 bits per heavy atom. The van der Waals surface area contributed by atoms with E-state index in [0.29, 0.717) is 19.3 Å². The highest BCUT2D eigenvalue weighted by atomic mass is 16.6. The number of carbonyl (C=O) groups excluding carboxylic acids is 3. The molecule has 0 unspecified atom stereocenters. The summed E-state index contributed by atoms with van der Waals surface area (Å²) in [7, 11) is 0. The van der Waals surface area contributed by atoms with Gasteiger partial charge < -0.3 is 14.2 Å². The number of hydrogen-bond donors (Lipinski definition) is 0. The molecule has 0 N–H and O–H groups in total. The van der Waals surface area contributed by atoms with Gasteiger partial charge in [0, 0.05) is 19.3 Å². The predicted molar refractivity (Wildman–Crippen MR) is 243 cm³/mol. The molecule has 0 aliphatic carbocycles. The van der Waals surface area contributed by atoms with Crippen molar-refractivity contribution in [1.29, 1.82) is 0 Å². The maximum Gasteiger partial charge on any atom is 0.306 e. The van der Waals surface area contributed by atoms with E-state index >= 15 is 0 Å². The molecule has 1 atom stereocenters. The molecule has 0 saturated carbocycles.